The number of nitrogens with zero attached hydrogens (tertiary/aromatic N) is 2. The van der Waals surface area contributed by atoms with Gasteiger partial charge in [0.15, 0.2) is 6.61 Å². The number of piperazine rings is 1. The molecule has 0 spiro atoms. The van der Waals surface area contributed by atoms with Crippen molar-refractivity contribution in [3.8, 4) is 5.75 Å². The normalized spacial score (nSPS) is 31.7. The molecule has 0 atom stereocenters. The van der Waals surface area contributed by atoms with Crippen LogP contribution in [-0.2, 0) is 9.59 Å². The van der Waals surface area contributed by atoms with Crippen molar-refractivity contribution < 1.29 is 14.3 Å². The number of ether oxygens (including phenoxy) is 1. The van der Waals surface area contributed by atoms with E-state index in [0.717, 1.165) is 41.1 Å². The van der Waals surface area contributed by atoms with Crippen molar-refractivity contribution in [1.29, 1.82) is 0 Å². The van der Waals surface area contributed by atoms with Crippen LogP contribution in [0.5, 0.6) is 5.75 Å². The Kier molecular flexibility index (Phi) is 5.47. The van der Waals surface area contributed by atoms with Gasteiger partial charge in [-0.1, -0.05) is 12.1 Å². The molecule has 1 heterocycles. The van der Waals surface area contributed by atoms with Crippen molar-refractivity contribution in [1.82, 2.24) is 9.80 Å². The van der Waals surface area contributed by atoms with Gasteiger partial charge in [-0.2, -0.15) is 0 Å². The van der Waals surface area contributed by atoms with Crippen LogP contribution >= 0.6 is 0 Å². The fourth-order valence-electron chi connectivity index (χ4n) is 7.26. The summed E-state index contributed by atoms with van der Waals surface area (Å²) in [6, 6.07) is 5.91. The molecule has 1 aromatic rings. The number of aryl methyl sites for hydroxylation is 1. The summed E-state index contributed by atoms with van der Waals surface area (Å²) in [6.45, 7) is 6.66. The average Bonchev–Trinajstić information content (AvgIpc) is 2.73. The lowest BCUT2D eigenvalue weighted by Gasteiger charge is -2.57. The van der Waals surface area contributed by atoms with E-state index in [9.17, 15) is 9.59 Å². The summed E-state index contributed by atoms with van der Waals surface area (Å²) in [4.78, 5) is 29.6. The quantitative estimate of drug-likeness (QED) is 0.719. The molecule has 0 aromatic heterocycles. The molecule has 0 radical (unpaired) electrons. The minimum Gasteiger partial charge on any atom is -0.483 e. The van der Waals surface area contributed by atoms with E-state index >= 15 is 0 Å². The molecule has 0 N–H and O–H groups in total. The minimum absolute atomic E-state index is 0.00842. The van der Waals surface area contributed by atoms with Gasteiger partial charge in [0.25, 0.3) is 5.91 Å². The first-order valence-corrected chi connectivity index (χ1v) is 12.2. The number of rotatable bonds is 5. The molecule has 5 nitrogen and oxygen atoms in total. The molecule has 5 aliphatic rings. The lowest BCUT2D eigenvalue weighted by molar-refractivity contribution is -0.145. The zero-order valence-electron chi connectivity index (χ0n) is 19.1. The van der Waals surface area contributed by atoms with Gasteiger partial charge in [0.1, 0.15) is 5.75 Å². The van der Waals surface area contributed by atoms with Crippen LogP contribution in [0.4, 0.5) is 0 Å². The van der Waals surface area contributed by atoms with Gasteiger partial charge < -0.3 is 14.5 Å². The zero-order chi connectivity index (χ0) is 21.6. The van der Waals surface area contributed by atoms with Gasteiger partial charge in [0.2, 0.25) is 5.91 Å². The SMILES string of the molecule is Cc1cccc(OCC(=O)N2CCN(C(=O)CC34CC5CC(CC(C5)C3)C4)CC2)c1C. The topological polar surface area (TPSA) is 49.9 Å². The Morgan fingerprint density at radius 1 is 0.903 bits per heavy atom. The van der Waals surface area contributed by atoms with Gasteiger partial charge in [-0.05, 0) is 92.7 Å². The molecule has 1 aromatic carbocycles. The molecule has 0 unspecified atom stereocenters. The summed E-state index contributed by atoms with van der Waals surface area (Å²) in [5, 5.41) is 0. The van der Waals surface area contributed by atoms with Crippen molar-refractivity contribution in [3.05, 3.63) is 29.3 Å². The highest BCUT2D eigenvalue weighted by molar-refractivity contribution is 5.79. The lowest BCUT2D eigenvalue weighted by atomic mass is 9.49. The molecular formula is C26H36N2O3. The van der Waals surface area contributed by atoms with Gasteiger partial charge in [-0.3, -0.25) is 9.59 Å². The molecule has 4 saturated carbocycles. The number of hydrogen-bond acceptors (Lipinski definition) is 3. The maximum absolute atomic E-state index is 13.1. The van der Waals surface area contributed by atoms with Crippen LogP contribution in [0.3, 0.4) is 0 Å². The summed E-state index contributed by atoms with van der Waals surface area (Å²) < 4.78 is 5.79. The van der Waals surface area contributed by atoms with Crippen molar-refractivity contribution in [2.45, 2.75) is 58.8 Å². The Balaban J connectivity index is 1.11. The molecule has 2 amide bonds. The molecule has 1 saturated heterocycles. The van der Waals surface area contributed by atoms with E-state index < -0.39 is 0 Å². The third-order valence-electron chi connectivity index (χ3n) is 8.58. The van der Waals surface area contributed by atoms with Crippen LogP contribution in [0.1, 0.15) is 56.1 Å². The van der Waals surface area contributed by atoms with Crippen molar-refractivity contribution in [2.24, 2.45) is 23.2 Å². The van der Waals surface area contributed by atoms with Gasteiger partial charge in [0, 0.05) is 32.6 Å². The van der Waals surface area contributed by atoms with Crippen LogP contribution in [0.25, 0.3) is 0 Å². The molecule has 168 valence electrons. The van der Waals surface area contributed by atoms with Crippen LogP contribution < -0.4 is 4.74 Å². The Morgan fingerprint density at radius 3 is 2.03 bits per heavy atom. The number of carbonyl (C=O) groups excluding carboxylic acids is 2. The van der Waals surface area contributed by atoms with Crippen LogP contribution in [-0.4, -0.2) is 54.4 Å². The molecule has 5 heteroatoms. The Hall–Kier alpha value is -2.04. The minimum atomic E-state index is 0.00842. The Bertz CT molecular complexity index is 821. The first-order chi connectivity index (χ1) is 14.9. The Morgan fingerprint density at radius 2 is 1.45 bits per heavy atom. The van der Waals surface area contributed by atoms with Crippen LogP contribution in [0, 0.1) is 37.0 Å². The van der Waals surface area contributed by atoms with Crippen LogP contribution in [0.2, 0.25) is 0 Å². The van der Waals surface area contributed by atoms with Crippen molar-refractivity contribution >= 4 is 11.8 Å². The molecule has 31 heavy (non-hydrogen) atoms. The molecule has 4 aliphatic carbocycles. The molecule has 4 bridgehead atoms. The molecular weight excluding hydrogens is 388 g/mol. The summed E-state index contributed by atoms with van der Waals surface area (Å²) in [6.07, 6.45) is 8.81. The van der Waals surface area contributed by atoms with Gasteiger partial charge >= 0.3 is 0 Å². The van der Waals surface area contributed by atoms with Gasteiger partial charge in [-0.25, -0.2) is 0 Å². The van der Waals surface area contributed by atoms with E-state index in [0.29, 0.717) is 32.1 Å². The lowest BCUT2D eigenvalue weighted by Crippen LogP contribution is -2.53. The first kappa shape index (κ1) is 20.8. The predicted molar refractivity (Wildman–Crippen MR) is 120 cm³/mol. The molecule has 6 rings (SSSR count). The van der Waals surface area contributed by atoms with Crippen molar-refractivity contribution in [2.75, 3.05) is 32.8 Å². The maximum Gasteiger partial charge on any atom is 0.260 e. The third-order valence-corrected chi connectivity index (χ3v) is 8.58. The second-order valence-corrected chi connectivity index (χ2v) is 10.8. The zero-order valence-corrected chi connectivity index (χ0v) is 19.1. The van der Waals surface area contributed by atoms with E-state index in [2.05, 4.69) is 0 Å². The van der Waals surface area contributed by atoms with E-state index in [-0.39, 0.29) is 17.9 Å². The van der Waals surface area contributed by atoms with E-state index in [1.54, 1.807) is 0 Å². The van der Waals surface area contributed by atoms with Crippen LogP contribution in [0.15, 0.2) is 18.2 Å². The third kappa shape index (κ3) is 4.20. The second-order valence-electron chi connectivity index (χ2n) is 10.8. The number of benzene rings is 1. The summed E-state index contributed by atoms with van der Waals surface area (Å²) in [5.41, 5.74) is 2.53. The standard InChI is InChI=1S/C26H36N2O3/c1-18-4-3-5-23(19(18)2)31-17-25(30)28-8-6-27(7-9-28)24(29)16-26-13-20-10-21(14-26)12-22(11-20)15-26/h3-5,20-22H,6-17H2,1-2H3. The number of carbonyl (C=O) groups is 2. The highest BCUT2D eigenvalue weighted by Crippen LogP contribution is 2.61. The number of amides is 2. The average molecular weight is 425 g/mol. The van der Waals surface area contributed by atoms with Gasteiger partial charge in [-0.15, -0.1) is 0 Å². The Labute approximate surface area is 186 Å². The van der Waals surface area contributed by atoms with E-state index in [1.165, 1.54) is 38.5 Å². The highest BCUT2D eigenvalue weighted by Gasteiger charge is 2.51. The highest BCUT2D eigenvalue weighted by atomic mass is 16.5. The van der Waals surface area contributed by atoms with E-state index in [4.69, 9.17) is 4.74 Å². The van der Waals surface area contributed by atoms with Crippen molar-refractivity contribution in [3.63, 3.8) is 0 Å². The summed E-state index contributed by atoms with van der Waals surface area (Å²) >= 11 is 0. The summed E-state index contributed by atoms with van der Waals surface area (Å²) in [5.74, 6) is 3.74. The first-order valence-electron chi connectivity index (χ1n) is 12.2. The second kappa shape index (κ2) is 8.14. The largest absolute Gasteiger partial charge is 0.483 e. The van der Waals surface area contributed by atoms with Gasteiger partial charge in [0.05, 0.1) is 0 Å². The fraction of sp³-hybridized carbons (Fsp3) is 0.692. The predicted octanol–water partition coefficient (Wildman–Crippen LogP) is 3.96. The smallest absolute Gasteiger partial charge is 0.260 e. The number of hydrogen-bond donors (Lipinski definition) is 0. The summed E-state index contributed by atoms with van der Waals surface area (Å²) in [7, 11) is 0. The fourth-order valence-corrected chi connectivity index (χ4v) is 7.26. The monoisotopic (exact) mass is 424 g/mol. The van der Waals surface area contributed by atoms with E-state index in [1.807, 2.05) is 41.8 Å². The molecule has 1 aliphatic heterocycles. The molecule has 5 fully saturated rings. The maximum atomic E-state index is 13.1.